The molecule has 15 heteroatoms. The van der Waals surface area contributed by atoms with Crippen LogP contribution in [0.5, 0.6) is 11.5 Å². The molecular weight excluding hydrogens is 923 g/mol. The molecule has 0 fully saturated rings. The van der Waals surface area contributed by atoms with E-state index in [1.165, 1.54) is 62.4 Å². The zero-order valence-corrected chi connectivity index (χ0v) is 34.3. The maximum Gasteiger partial charge on any atom is 2.00 e. The van der Waals surface area contributed by atoms with E-state index in [1.54, 1.807) is 60.7 Å². The van der Waals surface area contributed by atoms with Crippen LogP contribution < -0.4 is 19.4 Å². The van der Waals surface area contributed by atoms with Crippen molar-refractivity contribution in [1.82, 2.24) is 19.9 Å². The van der Waals surface area contributed by atoms with Gasteiger partial charge in [0.15, 0.2) is 34.8 Å². The minimum atomic E-state index is -1.76. The average molecular weight is 951 g/mol. The van der Waals surface area contributed by atoms with Crippen LogP contribution in [0.3, 0.4) is 0 Å². The second-order valence-corrected chi connectivity index (χ2v) is 13.9. The molecule has 0 radical (unpaired) electrons. The third-order valence-corrected chi connectivity index (χ3v) is 10.3. The first-order valence-corrected chi connectivity index (χ1v) is 19.2. The summed E-state index contributed by atoms with van der Waals surface area (Å²) < 4.78 is 137. The van der Waals surface area contributed by atoms with Crippen LogP contribution in [-0.2, 0) is 20.4 Å². The topological polar surface area (TPSA) is 72.4 Å². The number of benzene rings is 4. The van der Waals surface area contributed by atoms with Crippen molar-refractivity contribution in [3.63, 3.8) is 0 Å². The van der Waals surface area contributed by atoms with Crippen LogP contribution in [0.1, 0.15) is 36.6 Å². The van der Waals surface area contributed by atoms with E-state index in [0.29, 0.717) is 11.1 Å². The molecule has 5 heterocycles. The summed E-state index contributed by atoms with van der Waals surface area (Å²) in [4.78, 5) is 19.0. The monoisotopic (exact) mass is 950 g/mol. The van der Waals surface area contributed by atoms with Gasteiger partial charge in [-0.2, -0.15) is 17.6 Å². The van der Waals surface area contributed by atoms with Crippen molar-refractivity contribution in [2.75, 3.05) is 13.2 Å². The molecule has 0 spiro atoms. The standard InChI is InChI=1S/C48H28F8N4O2.Pd/c1-3-61-47-43(53)39(49)37(40(50)44(47)54)35-29-19-15-25(57-29)33(23-11-7-5-8-12-23)27-17-21-31(59-27)36(38-41(51)45(55)48(62-4-2)46(56)42(38)52)32-22-18-28(60-32)34(24-13-9-6-10-14-24)26-16-20-30(35)58-26;/h5-22H,3-4H2,1-2H3;/q-2;+2. The first-order chi connectivity index (χ1) is 30.0. The van der Waals surface area contributed by atoms with E-state index in [9.17, 15) is 0 Å². The quantitative estimate of drug-likeness (QED) is 0.0858. The van der Waals surface area contributed by atoms with E-state index in [1.807, 2.05) is 0 Å². The molecule has 6 nitrogen and oxygen atoms in total. The van der Waals surface area contributed by atoms with Crippen LogP contribution in [0, 0.1) is 46.5 Å². The number of aromatic nitrogens is 4. The third-order valence-electron chi connectivity index (χ3n) is 10.3. The fourth-order valence-electron chi connectivity index (χ4n) is 7.61. The van der Waals surface area contributed by atoms with Gasteiger partial charge in [0.25, 0.3) is 0 Å². The zero-order chi connectivity index (χ0) is 43.4. The number of rotatable bonds is 8. The molecule has 0 unspecified atom stereocenters. The van der Waals surface area contributed by atoms with Gasteiger partial charge in [-0.25, -0.2) is 27.5 Å². The Morgan fingerprint density at radius 2 is 0.667 bits per heavy atom. The predicted molar refractivity (Wildman–Crippen MR) is 221 cm³/mol. The molecule has 4 aromatic carbocycles. The SMILES string of the molecule is CCOc1c(F)c(F)c(-c2c3nc(c(-c4ccccc4)c4ccc([n-]4)c(-c4c(F)c(F)c(OCC)c(F)c4F)c4nc(c(-c5ccccc5)c5ccc2[n-]5)C=C4)C=C3)c(F)c1F.[Pd+2]. The van der Waals surface area contributed by atoms with Gasteiger partial charge < -0.3 is 19.4 Å². The molecule has 0 saturated heterocycles. The summed E-state index contributed by atoms with van der Waals surface area (Å²) >= 11 is 0. The molecule has 2 aliphatic heterocycles. The van der Waals surface area contributed by atoms with Crippen molar-refractivity contribution in [2.24, 2.45) is 0 Å². The van der Waals surface area contributed by atoms with Gasteiger partial charge in [-0.3, -0.25) is 0 Å². The van der Waals surface area contributed by atoms with E-state index in [-0.39, 0.29) is 89.6 Å². The van der Waals surface area contributed by atoms with Gasteiger partial charge >= 0.3 is 20.4 Å². The Balaban J connectivity index is 0.00000544. The summed E-state index contributed by atoms with van der Waals surface area (Å²) in [6, 6.07) is 22.9. The predicted octanol–water partition coefficient (Wildman–Crippen LogP) is 12.5. The normalized spacial score (nSPS) is 11.8. The molecule has 3 aromatic heterocycles. The van der Waals surface area contributed by atoms with Crippen LogP contribution in [0.2, 0.25) is 0 Å². The molecule has 0 aliphatic carbocycles. The number of nitrogens with zero attached hydrogens (tertiary/aromatic N) is 4. The Hall–Kier alpha value is -6.82. The Bertz CT molecular complexity index is 2930. The van der Waals surface area contributed by atoms with Gasteiger partial charge in [0.2, 0.25) is 23.3 Å². The number of hydrogen-bond acceptors (Lipinski definition) is 4. The zero-order valence-electron chi connectivity index (χ0n) is 32.8. The van der Waals surface area contributed by atoms with Crippen LogP contribution in [0.15, 0.2) is 84.9 Å². The summed E-state index contributed by atoms with van der Waals surface area (Å²) in [7, 11) is 0. The maximum absolute atomic E-state index is 16.3. The van der Waals surface area contributed by atoms with Crippen LogP contribution in [0.4, 0.5) is 35.1 Å². The molecule has 9 rings (SSSR count). The molecule has 0 N–H and O–H groups in total. The molecule has 0 amide bonds. The van der Waals surface area contributed by atoms with Crippen LogP contribution in [0.25, 0.3) is 90.9 Å². The van der Waals surface area contributed by atoms with Crippen molar-refractivity contribution >= 4 is 46.4 Å². The average Bonchev–Trinajstić information content (AvgIpc) is 4.14. The summed E-state index contributed by atoms with van der Waals surface area (Å²) in [5.41, 5.74) is -1.45. The second kappa shape index (κ2) is 17.2. The van der Waals surface area contributed by atoms with E-state index in [4.69, 9.17) is 29.4 Å². The van der Waals surface area contributed by atoms with Crippen LogP contribution in [-0.4, -0.2) is 23.2 Å². The van der Waals surface area contributed by atoms with Crippen molar-refractivity contribution in [2.45, 2.75) is 13.8 Å². The summed E-state index contributed by atoms with van der Waals surface area (Å²) in [5, 5.41) is 0. The second-order valence-electron chi connectivity index (χ2n) is 13.9. The fourth-order valence-corrected chi connectivity index (χ4v) is 7.61. The van der Waals surface area contributed by atoms with Gasteiger partial charge in [-0.05, 0) is 71.5 Å². The van der Waals surface area contributed by atoms with Crippen LogP contribution >= 0.6 is 0 Å². The van der Waals surface area contributed by atoms with Gasteiger partial charge in [-0.15, -0.1) is 22.1 Å². The molecule has 318 valence electrons. The third kappa shape index (κ3) is 7.20. The fraction of sp³-hybridized carbons (Fsp3) is 0.0833. The number of ether oxygens (including phenoxy) is 2. The minimum Gasteiger partial charge on any atom is -0.657 e. The molecule has 0 atom stereocenters. The molecule has 7 aromatic rings. The van der Waals surface area contributed by atoms with Gasteiger partial charge in [0.1, 0.15) is 0 Å². The molecule has 0 saturated carbocycles. The van der Waals surface area contributed by atoms with E-state index in [0.717, 1.165) is 0 Å². The van der Waals surface area contributed by atoms with Crippen molar-refractivity contribution < 1.29 is 65.0 Å². The Morgan fingerprint density at radius 3 is 0.968 bits per heavy atom. The molecule has 2 aliphatic rings. The van der Waals surface area contributed by atoms with Crippen molar-refractivity contribution in [3.8, 4) is 56.0 Å². The van der Waals surface area contributed by atoms with E-state index < -0.39 is 80.3 Å². The Morgan fingerprint density at radius 1 is 0.381 bits per heavy atom. The van der Waals surface area contributed by atoms with Crippen molar-refractivity contribution in [1.29, 1.82) is 0 Å². The van der Waals surface area contributed by atoms with E-state index in [2.05, 4.69) is 0 Å². The number of hydrogen-bond donors (Lipinski definition) is 0. The Labute approximate surface area is 367 Å². The van der Waals surface area contributed by atoms with Gasteiger partial charge in [-0.1, -0.05) is 84.9 Å². The Kier molecular flexibility index (Phi) is 11.7. The maximum atomic E-state index is 16.3. The molecule has 63 heavy (non-hydrogen) atoms. The van der Waals surface area contributed by atoms with E-state index >= 15 is 35.1 Å². The number of fused-ring (bicyclic) bond motifs is 8. The first-order valence-electron chi connectivity index (χ1n) is 19.2. The van der Waals surface area contributed by atoms with Gasteiger partial charge in [0, 0.05) is 0 Å². The molecular formula is C48H28F8N4O2Pd. The first kappa shape index (κ1) is 42.9. The largest absolute Gasteiger partial charge is 2.00 e. The summed E-state index contributed by atoms with van der Waals surface area (Å²) in [6.45, 7) is 2.23. The van der Waals surface area contributed by atoms with Gasteiger partial charge in [0.05, 0.1) is 47.1 Å². The summed E-state index contributed by atoms with van der Waals surface area (Å²) in [5.74, 6) is -16.5. The smallest absolute Gasteiger partial charge is 0.657 e. The minimum absolute atomic E-state index is 0. The van der Waals surface area contributed by atoms with Crippen molar-refractivity contribution in [3.05, 3.63) is 154 Å². The number of halogens is 8. The summed E-state index contributed by atoms with van der Waals surface area (Å²) in [6.07, 6.45) is 5.74. The molecule has 8 bridgehead atoms.